The van der Waals surface area contributed by atoms with E-state index in [1.165, 1.54) is 12.2 Å². The highest BCUT2D eigenvalue weighted by atomic mass is 16.6. The SMILES string of the molecule is COCCOC(=O)/C=C/c1nc2ccccc2o1. The summed E-state index contributed by atoms with van der Waals surface area (Å²) in [4.78, 5) is 15.5. The number of carbonyl (C=O) groups excluding carboxylic acids is 1. The van der Waals surface area contributed by atoms with Crippen LogP contribution in [-0.2, 0) is 14.3 Å². The molecule has 0 aliphatic heterocycles. The van der Waals surface area contributed by atoms with Crippen LogP contribution in [-0.4, -0.2) is 31.3 Å². The molecular weight excluding hydrogens is 234 g/mol. The van der Waals surface area contributed by atoms with E-state index in [0.717, 1.165) is 5.52 Å². The van der Waals surface area contributed by atoms with E-state index < -0.39 is 5.97 Å². The zero-order valence-electron chi connectivity index (χ0n) is 9.96. The summed E-state index contributed by atoms with van der Waals surface area (Å²) in [5.74, 6) is -0.0748. The lowest BCUT2D eigenvalue weighted by Gasteiger charge is -1.98. The van der Waals surface area contributed by atoms with Gasteiger partial charge in [-0.2, -0.15) is 0 Å². The molecule has 0 fully saturated rings. The molecule has 1 heterocycles. The quantitative estimate of drug-likeness (QED) is 0.459. The molecule has 0 saturated carbocycles. The summed E-state index contributed by atoms with van der Waals surface area (Å²) in [5.41, 5.74) is 1.44. The van der Waals surface area contributed by atoms with Crippen LogP contribution in [0.15, 0.2) is 34.8 Å². The maximum absolute atomic E-state index is 11.3. The van der Waals surface area contributed by atoms with E-state index in [0.29, 0.717) is 18.1 Å². The zero-order chi connectivity index (χ0) is 12.8. The molecule has 18 heavy (non-hydrogen) atoms. The summed E-state index contributed by atoms with van der Waals surface area (Å²) in [7, 11) is 1.54. The number of oxazole rings is 1. The highest BCUT2D eigenvalue weighted by Gasteiger charge is 2.02. The van der Waals surface area contributed by atoms with Crippen LogP contribution in [0.2, 0.25) is 0 Å². The lowest BCUT2D eigenvalue weighted by molar-refractivity contribution is -0.138. The first-order chi connectivity index (χ1) is 8.79. The average Bonchev–Trinajstić information content (AvgIpc) is 2.79. The van der Waals surface area contributed by atoms with E-state index in [1.54, 1.807) is 7.11 Å². The van der Waals surface area contributed by atoms with Gasteiger partial charge in [0, 0.05) is 19.3 Å². The van der Waals surface area contributed by atoms with E-state index in [-0.39, 0.29) is 6.61 Å². The van der Waals surface area contributed by atoms with Gasteiger partial charge in [0.1, 0.15) is 12.1 Å². The Hall–Kier alpha value is -2.14. The van der Waals surface area contributed by atoms with Crippen molar-refractivity contribution < 1.29 is 18.7 Å². The second-order valence-corrected chi connectivity index (χ2v) is 3.51. The maximum atomic E-state index is 11.3. The van der Waals surface area contributed by atoms with Gasteiger partial charge in [0.25, 0.3) is 0 Å². The molecule has 0 bridgehead atoms. The molecule has 1 aromatic heterocycles. The average molecular weight is 247 g/mol. The van der Waals surface area contributed by atoms with Crippen LogP contribution in [0.5, 0.6) is 0 Å². The van der Waals surface area contributed by atoms with Gasteiger partial charge in [0.15, 0.2) is 5.58 Å². The van der Waals surface area contributed by atoms with E-state index in [9.17, 15) is 4.79 Å². The van der Waals surface area contributed by atoms with Gasteiger partial charge >= 0.3 is 5.97 Å². The second-order valence-electron chi connectivity index (χ2n) is 3.51. The van der Waals surface area contributed by atoms with Crippen molar-refractivity contribution in [3.63, 3.8) is 0 Å². The number of benzene rings is 1. The van der Waals surface area contributed by atoms with Crippen LogP contribution in [0.25, 0.3) is 17.2 Å². The number of ether oxygens (including phenoxy) is 2. The first-order valence-electron chi connectivity index (χ1n) is 5.49. The molecule has 0 radical (unpaired) electrons. The monoisotopic (exact) mass is 247 g/mol. The predicted molar refractivity (Wildman–Crippen MR) is 65.9 cm³/mol. The third-order valence-electron chi connectivity index (χ3n) is 2.20. The van der Waals surface area contributed by atoms with Crippen molar-refractivity contribution >= 4 is 23.1 Å². The molecule has 2 rings (SSSR count). The lowest BCUT2D eigenvalue weighted by Crippen LogP contribution is -2.06. The first kappa shape index (κ1) is 12.3. The van der Waals surface area contributed by atoms with Crippen molar-refractivity contribution in [3.8, 4) is 0 Å². The van der Waals surface area contributed by atoms with Gasteiger partial charge in [-0.05, 0) is 12.1 Å². The number of hydrogen-bond acceptors (Lipinski definition) is 5. The summed E-state index contributed by atoms with van der Waals surface area (Å²) in [6, 6.07) is 7.39. The van der Waals surface area contributed by atoms with Crippen molar-refractivity contribution in [1.82, 2.24) is 4.98 Å². The summed E-state index contributed by atoms with van der Waals surface area (Å²) in [6.45, 7) is 0.607. The van der Waals surface area contributed by atoms with Gasteiger partial charge in [-0.25, -0.2) is 9.78 Å². The fraction of sp³-hybridized carbons (Fsp3) is 0.231. The molecule has 0 atom stereocenters. The molecule has 0 aliphatic carbocycles. The minimum atomic E-state index is -0.450. The Kier molecular flexibility index (Phi) is 4.09. The summed E-state index contributed by atoms with van der Waals surface area (Å²) in [6.07, 6.45) is 2.76. The van der Waals surface area contributed by atoms with E-state index in [1.807, 2.05) is 24.3 Å². The normalized spacial score (nSPS) is 11.2. The summed E-state index contributed by atoms with van der Waals surface area (Å²) < 4.78 is 15.0. The number of hydrogen-bond donors (Lipinski definition) is 0. The molecule has 2 aromatic rings. The zero-order valence-corrected chi connectivity index (χ0v) is 9.96. The van der Waals surface area contributed by atoms with Gasteiger partial charge in [-0.1, -0.05) is 12.1 Å². The Balaban J connectivity index is 1.98. The second kappa shape index (κ2) is 5.97. The van der Waals surface area contributed by atoms with Crippen LogP contribution in [0.4, 0.5) is 0 Å². The van der Waals surface area contributed by atoms with Crippen LogP contribution in [0.3, 0.4) is 0 Å². The molecule has 0 saturated heterocycles. The number of nitrogens with zero attached hydrogens (tertiary/aromatic N) is 1. The molecule has 0 N–H and O–H groups in total. The number of aromatic nitrogens is 1. The van der Waals surface area contributed by atoms with Crippen molar-refractivity contribution in [2.75, 3.05) is 20.3 Å². The Morgan fingerprint density at radius 2 is 2.22 bits per heavy atom. The van der Waals surface area contributed by atoms with E-state index in [4.69, 9.17) is 13.9 Å². The molecule has 5 heteroatoms. The topological polar surface area (TPSA) is 61.6 Å². The van der Waals surface area contributed by atoms with Gasteiger partial charge in [-0.3, -0.25) is 0 Å². The van der Waals surface area contributed by atoms with Crippen molar-refractivity contribution in [3.05, 3.63) is 36.2 Å². The molecule has 0 aliphatic rings. The lowest BCUT2D eigenvalue weighted by atomic mass is 10.3. The number of methoxy groups -OCH3 is 1. The van der Waals surface area contributed by atoms with Crippen LogP contribution >= 0.6 is 0 Å². The maximum Gasteiger partial charge on any atom is 0.331 e. The number of esters is 1. The Morgan fingerprint density at radius 1 is 1.39 bits per heavy atom. The fourth-order valence-electron chi connectivity index (χ4n) is 1.37. The summed E-state index contributed by atoms with van der Waals surface area (Å²) in [5, 5.41) is 0. The van der Waals surface area contributed by atoms with Crippen LogP contribution in [0, 0.1) is 0 Å². The summed E-state index contributed by atoms with van der Waals surface area (Å²) >= 11 is 0. The Labute approximate surface area is 104 Å². The molecule has 0 unspecified atom stereocenters. The smallest absolute Gasteiger partial charge is 0.331 e. The molecule has 0 amide bonds. The Bertz CT molecular complexity index is 526. The van der Waals surface area contributed by atoms with Gasteiger partial charge in [-0.15, -0.1) is 0 Å². The number of carbonyl (C=O) groups is 1. The Morgan fingerprint density at radius 3 is 3.00 bits per heavy atom. The van der Waals surface area contributed by atoms with Gasteiger partial charge in [0.05, 0.1) is 6.61 Å². The van der Waals surface area contributed by atoms with Gasteiger partial charge in [0.2, 0.25) is 5.89 Å². The van der Waals surface area contributed by atoms with Crippen molar-refractivity contribution in [2.45, 2.75) is 0 Å². The predicted octanol–water partition coefficient (Wildman–Crippen LogP) is 2.03. The van der Waals surface area contributed by atoms with Crippen molar-refractivity contribution in [1.29, 1.82) is 0 Å². The molecule has 1 aromatic carbocycles. The van der Waals surface area contributed by atoms with Gasteiger partial charge < -0.3 is 13.9 Å². The molecule has 0 spiro atoms. The minimum Gasteiger partial charge on any atom is -0.460 e. The number of rotatable bonds is 5. The molecule has 94 valence electrons. The largest absolute Gasteiger partial charge is 0.460 e. The van der Waals surface area contributed by atoms with E-state index in [2.05, 4.69) is 4.98 Å². The standard InChI is InChI=1S/C13H13NO4/c1-16-8-9-17-13(15)7-6-12-14-10-4-2-3-5-11(10)18-12/h2-7H,8-9H2,1H3/b7-6+. The molecule has 5 nitrogen and oxygen atoms in total. The van der Waals surface area contributed by atoms with Crippen molar-refractivity contribution in [2.24, 2.45) is 0 Å². The van der Waals surface area contributed by atoms with Crippen LogP contribution < -0.4 is 0 Å². The number of fused-ring (bicyclic) bond motifs is 1. The molecular formula is C13H13NO4. The number of para-hydroxylation sites is 2. The highest BCUT2D eigenvalue weighted by Crippen LogP contribution is 2.15. The fourth-order valence-corrected chi connectivity index (χ4v) is 1.37. The van der Waals surface area contributed by atoms with Crippen LogP contribution in [0.1, 0.15) is 5.89 Å². The minimum absolute atomic E-state index is 0.229. The first-order valence-corrected chi connectivity index (χ1v) is 5.49. The van der Waals surface area contributed by atoms with E-state index >= 15 is 0 Å². The highest BCUT2D eigenvalue weighted by molar-refractivity contribution is 5.86. The third-order valence-corrected chi connectivity index (χ3v) is 2.20. The third kappa shape index (κ3) is 3.18.